The second-order valence-electron chi connectivity index (χ2n) is 4.30. The van der Waals surface area contributed by atoms with Crippen LogP contribution in [0, 0.1) is 5.41 Å². The number of nitrogens with one attached hydrogen (secondary N) is 2. The molecule has 0 aliphatic heterocycles. The Hall–Kier alpha value is -2.53. The molecule has 0 bridgehead atoms. The number of anilines is 1. The summed E-state index contributed by atoms with van der Waals surface area (Å²) < 4.78 is 5.00. The maximum absolute atomic E-state index is 7.16. The average Bonchev–Trinajstić information content (AvgIpc) is 2.55. The molecule has 0 aliphatic carbocycles. The standard InChI is InChI=1S/C8H11N3.C8H11NO/c1-11-7-4-2-3-6(5-7)8(9)10;1-10-8-4-2-3-7(5-8)6-9/h2-5,11H,1H3,(H3,9,10);2-5H,6,9H2,1H3. The second kappa shape index (κ2) is 8.60. The number of hydrogen-bond donors (Lipinski definition) is 4. The predicted octanol–water partition coefficient (Wildman–Crippen LogP) is 2.17. The fourth-order valence-corrected chi connectivity index (χ4v) is 1.64. The molecule has 0 aromatic heterocycles. The van der Waals surface area contributed by atoms with Crippen molar-refractivity contribution in [3.8, 4) is 5.75 Å². The van der Waals surface area contributed by atoms with Crippen molar-refractivity contribution in [3.63, 3.8) is 0 Å². The number of hydrogen-bond acceptors (Lipinski definition) is 4. The lowest BCUT2D eigenvalue weighted by molar-refractivity contribution is 0.414. The summed E-state index contributed by atoms with van der Waals surface area (Å²) in [6.45, 7) is 0.567. The smallest absolute Gasteiger partial charge is 0.122 e. The summed E-state index contributed by atoms with van der Waals surface area (Å²) in [5.74, 6) is 0.963. The van der Waals surface area contributed by atoms with E-state index in [0.717, 1.165) is 22.6 Å². The van der Waals surface area contributed by atoms with E-state index in [-0.39, 0.29) is 5.84 Å². The van der Waals surface area contributed by atoms with Gasteiger partial charge in [-0.25, -0.2) is 0 Å². The number of ether oxygens (including phenoxy) is 1. The van der Waals surface area contributed by atoms with Crippen molar-refractivity contribution in [1.29, 1.82) is 5.41 Å². The van der Waals surface area contributed by atoms with Crippen molar-refractivity contribution in [2.75, 3.05) is 19.5 Å². The maximum Gasteiger partial charge on any atom is 0.122 e. The molecule has 112 valence electrons. The Bertz CT molecular complexity index is 565. The molecule has 6 N–H and O–H groups in total. The second-order valence-corrected chi connectivity index (χ2v) is 4.30. The van der Waals surface area contributed by atoms with E-state index in [1.54, 1.807) is 7.11 Å². The first-order chi connectivity index (χ1) is 10.1. The van der Waals surface area contributed by atoms with Gasteiger partial charge in [-0.05, 0) is 29.8 Å². The number of benzene rings is 2. The number of methoxy groups -OCH3 is 1. The number of rotatable bonds is 4. The van der Waals surface area contributed by atoms with Crippen molar-refractivity contribution in [3.05, 3.63) is 59.7 Å². The van der Waals surface area contributed by atoms with Crippen molar-refractivity contribution >= 4 is 11.5 Å². The largest absolute Gasteiger partial charge is 0.497 e. The molecule has 0 radical (unpaired) electrons. The van der Waals surface area contributed by atoms with E-state index in [4.69, 9.17) is 21.6 Å². The van der Waals surface area contributed by atoms with E-state index in [9.17, 15) is 0 Å². The average molecular weight is 286 g/mol. The van der Waals surface area contributed by atoms with Crippen LogP contribution in [0.2, 0.25) is 0 Å². The quantitative estimate of drug-likeness (QED) is 0.511. The van der Waals surface area contributed by atoms with Gasteiger partial charge in [0.1, 0.15) is 11.6 Å². The van der Waals surface area contributed by atoms with Crippen LogP contribution in [0.3, 0.4) is 0 Å². The molecular weight excluding hydrogens is 264 g/mol. The Morgan fingerprint density at radius 2 is 1.90 bits per heavy atom. The first-order valence-electron chi connectivity index (χ1n) is 6.56. The van der Waals surface area contributed by atoms with Gasteiger partial charge in [-0.15, -0.1) is 0 Å². The Morgan fingerprint density at radius 1 is 1.19 bits per heavy atom. The predicted molar refractivity (Wildman–Crippen MR) is 87.9 cm³/mol. The van der Waals surface area contributed by atoms with Gasteiger partial charge in [0.15, 0.2) is 0 Å². The van der Waals surface area contributed by atoms with E-state index >= 15 is 0 Å². The van der Waals surface area contributed by atoms with Gasteiger partial charge >= 0.3 is 0 Å². The molecule has 0 atom stereocenters. The third kappa shape index (κ3) is 5.54. The van der Waals surface area contributed by atoms with Crippen molar-refractivity contribution in [1.82, 2.24) is 0 Å². The summed E-state index contributed by atoms with van der Waals surface area (Å²) in [5, 5.41) is 10.1. The highest BCUT2D eigenvalue weighted by Gasteiger charge is 1.95. The third-order valence-electron chi connectivity index (χ3n) is 2.83. The molecule has 0 unspecified atom stereocenters. The van der Waals surface area contributed by atoms with Gasteiger partial charge in [0.25, 0.3) is 0 Å². The monoisotopic (exact) mass is 286 g/mol. The van der Waals surface area contributed by atoms with E-state index in [1.807, 2.05) is 55.6 Å². The minimum absolute atomic E-state index is 0.0992. The van der Waals surface area contributed by atoms with Gasteiger partial charge < -0.3 is 21.5 Å². The zero-order chi connectivity index (χ0) is 15.7. The van der Waals surface area contributed by atoms with Gasteiger partial charge in [-0.3, -0.25) is 5.41 Å². The summed E-state index contributed by atoms with van der Waals surface area (Å²) in [7, 11) is 3.48. The van der Waals surface area contributed by atoms with E-state index in [2.05, 4.69) is 5.32 Å². The van der Waals surface area contributed by atoms with Crippen molar-refractivity contribution < 1.29 is 4.74 Å². The normalized spacial score (nSPS) is 9.29. The Balaban J connectivity index is 0.000000211. The van der Waals surface area contributed by atoms with Gasteiger partial charge in [0.05, 0.1) is 7.11 Å². The van der Waals surface area contributed by atoms with Crippen LogP contribution in [0.4, 0.5) is 5.69 Å². The highest BCUT2D eigenvalue weighted by molar-refractivity contribution is 5.95. The number of nitrogens with two attached hydrogens (primary N) is 2. The van der Waals surface area contributed by atoms with Crippen molar-refractivity contribution in [2.45, 2.75) is 6.54 Å². The molecule has 0 fully saturated rings. The fraction of sp³-hybridized carbons (Fsp3) is 0.188. The Kier molecular flexibility index (Phi) is 6.77. The SMILES string of the molecule is CNc1cccc(C(=N)N)c1.COc1cccc(CN)c1. The topological polar surface area (TPSA) is 97.2 Å². The lowest BCUT2D eigenvalue weighted by atomic mass is 10.2. The van der Waals surface area contributed by atoms with Crippen LogP contribution >= 0.6 is 0 Å². The molecular formula is C16H22N4O. The molecule has 5 heteroatoms. The zero-order valence-electron chi connectivity index (χ0n) is 12.4. The molecule has 5 nitrogen and oxygen atoms in total. The number of nitrogen functional groups attached to an aromatic ring is 1. The lowest BCUT2D eigenvalue weighted by Gasteiger charge is -2.01. The van der Waals surface area contributed by atoms with E-state index < -0.39 is 0 Å². The molecule has 0 spiro atoms. The molecule has 2 rings (SSSR count). The Morgan fingerprint density at radius 3 is 2.48 bits per heavy atom. The highest BCUT2D eigenvalue weighted by Crippen LogP contribution is 2.11. The maximum atomic E-state index is 7.16. The third-order valence-corrected chi connectivity index (χ3v) is 2.83. The minimum Gasteiger partial charge on any atom is -0.497 e. The summed E-state index contributed by atoms with van der Waals surface area (Å²) >= 11 is 0. The van der Waals surface area contributed by atoms with Crippen LogP contribution < -0.4 is 21.5 Å². The summed E-state index contributed by atoms with van der Waals surface area (Å²) in [6.07, 6.45) is 0. The summed E-state index contributed by atoms with van der Waals surface area (Å²) in [4.78, 5) is 0. The van der Waals surface area contributed by atoms with Crippen LogP contribution in [0.15, 0.2) is 48.5 Å². The van der Waals surface area contributed by atoms with Crippen molar-refractivity contribution in [2.24, 2.45) is 11.5 Å². The van der Waals surface area contributed by atoms with Crippen LogP contribution in [0.25, 0.3) is 0 Å². The van der Waals surface area contributed by atoms with Gasteiger partial charge in [0, 0.05) is 24.8 Å². The van der Waals surface area contributed by atoms with Crippen LogP contribution in [-0.2, 0) is 6.54 Å². The Labute approximate surface area is 125 Å². The minimum atomic E-state index is 0.0992. The molecule has 2 aromatic carbocycles. The van der Waals surface area contributed by atoms with Gasteiger partial charge in [0.2, 0.25) is 0 Å². The molecule has 0 saturated carbocycles. The summed E-state index contributed by atoms with van der Waals surface area (Å²) in [6, 6.07) is 15.2. The van der Waals surface area contributed by atoms with Crippen LogP contribution in [0.5, 0.6) is 5.75 Å². The molecule has 0 amide bonds. The molecule has 2 aromatic rings. The zero-order valence-corrected chi connectivity index (χ0v) is 12.4. The van der Waals surface area contributed by atoms with Gasteiger partial charge in [-0.1, -0.05) is 24.3 Å². The van der Waals surface area contributed by atoms with Gasteiger partial charge in [-0.2, -0.15) is 0 Å². The molecule has 0 saturated heterocycles. The fourth-order valence-electron chi connectivity index (χ4n) is 1.64. The first-order valence-corrected chi connectivity index (χ1v) is 6.56. The highest BCUT2D eigenvalue weighted by atomic mass is 16.5. The molecule has 21 heavy (non-hydrogen) atoms. The van der Waals surface area contributed by atoms with E-state index in [1.165, 1.54) is 0 Å². The number of amidine groups is 1. The first kappa shape index (κ1) is 16.5. The lowest BCUT2D eigenvalue weighted by Crippen LogP contribution is -2.10. The molecule has 0 heterocycles. The van der Waals surface area contributed by atoms with E-state index in [0.29, 0.717) is 6.54 Å². The molecule has 0 aliphatic rings. The summed E-state index contributed by atoms with van der Waals surface area (Å²) in [5.41, 5.74) is 13.5. The van der Waals surface area contributed by atoms with Crippen LogP contribution in [0.1, 0.15) is 11.1 Å². The van der Waals surface area contributed by atoms with Crippen LogP contribution in [-0.4, -0.2) is 20.0 Å².